The van der Waals surface area contributed by atoms with E-state index < -0.39 is 0 Å². The second-order valence-corrected chi connectivity index (χ2v) is 9.51. The van der Waals surface area contributed by atoms with E-state index in [0.717, 1.165) is 62.9 Å². The molecular weight excluding hydrogens is 416 g/mol. The normalized spacial score (nSPS) is 22.8. The molecule has 2 aliphatic rings. The molecular formula is C22H21ClN6S. The number of pyridine rings is 1. The minimum atomic E-state index is 0.338. The van der Waals surface area contributed by atoms with Gasteiger partial charge in [0, 0.05) is 41.3 Å². The number of aromatic nitrogens is 4. The van der Waals surface area contributed by atoms with Gasteiger partial charge in [-0.3, -0.25) is 4.98 Å². The van der Waals surface area contributed by atoms with E-state index in [1.807, 2.05) is 12.3 Å². The largest absolute Gasteiger partial charge is 0.355 e. The summed E-state index contributed by atoms with van der Waals surface area (Å²) in [7, 11) is 0. The molecule has 3 N–H and O–H groups in total. The van der Waals surface area contributed by atoms with Gasteiger partial charge in [-0.2, -0.15) is 0 Å². The van der Waals surface area contributed by atoms with Crippen LogP contribution < -0.4 is 10.6 Å². The fourth-order valence-corrected chi connectivity index (χ4v) is 5.69. The van der Waals surface area contributed by atoms with E-state index in [2.05, 4.69) is 46.1 Å². The van der Waals surface area contributed by atoms with Gasteiger partial charge in [0.05, 0.1) is 15.9 Å². The Morgan fingerprint density at radius 2 is 2.07 bits per heavy atom. The zero-order chi connectivity index (χ0) is 20.4. The van der Waals surface area contributed by atoms with E-state index in [-0.39, 0.29) is 0 Å². The summed E-state index contributed by atoms with van der Waals surface area (Å²) in [6.45, 7) is 3.96. The number of hydrogen-bond acceptors (Lipinski definition) is 6. The van der Waals surface area contributed by atoms with Crippen LogP contribution in [0.4, 0.5) is 5.82 Å². The van der Waals surface area contributed by atoms with Crippen LogP contribution in [0.15, 0.2) is 46.6 Å². The molecule has 2 atom stereocenters. The van der Waals surface area contributed by atoms with Crippen LogP contribution in [0.2, 0.25) is 5.02 Å². The molecule has 0 bridgehead atoms. The molecule has 1 saturated heterocycles. The molecule has 8 heteroatoms. The summed E-state index contributed by atoms with van der Waals surface area (Å²) in [6.07, 6.45) is 2.64. The molecule has 1 aliphatic carbocycles. The Labute approximate surface area is 183 Å². The quantitative estimate of drug-likeness (QED) is 0.465. The number of rotatable bonds is 4. The van der Waals surface area contributed by atoms with Gasteiger partial charge in [0.15, 0.2) is 5.16 Å². The molecule has 6 nitrogen and oxygen atoms in total. The van der Waals surface area contributed by atoms with Crippen LogP contribution in [0.1, 0.15) is 12.6 Å². The van der Waals surface area contributed by atoms with E-state index in [1.54, 1.807) is 11.8 Å². The van der Waals surface area contributed by atoms with E-state index in [1.165, 1.54) is 0 Å². The monoisotopic (exact) mass is 436 g/mol. The molecule has 2 unspecified atom stereocenters. The van der Waals surface area contributed by atoms with Crippen LogP contribution in [0.25, 0.3) is 21.9 Å². The minimum Gasteiger partial charge on any atom is -0.355 e. The maximum atomic E-state index is 6.72. The highest BCUT2D eigenvalue weighted by molar-refractivity contribution is 7.99. The summed E-state index contributed by atoms with van der Waals surface area (Å²) in [5.41, 5.74) is 8.92. The van der Waals surface area contributed by atoms with Gasteiger partial charge in [-0.15, -0.1) is 0 Å². The highest BCUT2D eigenvalue weighted by Gasteiger charge is 2.54. The highest BCUT2D eigenvalue weighted by atomic mass is 35.5. The fourth-order valence-electron chi connectivity index (χ4n) is 4.55. The number of H-pyrrole nitrogens is 1. The predicted molar refractivity (Wildman–Crippen MR) is 121 cm³/mol. The molecule has 4 heterocycles. The molecule has 6 rings (SSSR count). The number of piperidine rings is 1. The van der Waals surface area contributed by atoms with Gasteiger partial charge < -0.3 is 15.6 Å². The van der Waals surface area contributed by atoms with Crippen molar-refractivity contribution in [3.8, 4) is 0 Å². The van der Waals surface area contributed by atoms with Crippen molar-refractivity contribution in [1.29, 1.82) is 0 Å². The summed E-state index contributed by atoms with van der Waals surface area (Å²) in [6, 6.07) is 10.6. The maximum Gasteiger partial charge on any atom is 0.196 e. The third-order valence-electron chi connectivity index (χ3n) is 6.32. The van der Waals surface area contributed by atoms with E-state index in [4.69, 9.17) is 27.3 Å². The average Bonchev–Trinajstić information content (AvgIpc) is 3.10. The Kier molecular flexibility index (Phi) is 4.20. The van der Waals surface area contributed by atoms with Crippen molar-refractivity contribution in [3.05, 3.63) is 47.2 Å². The number of hydrogen-bond donors (Lipinski definition) is 2. The number of nitrogens with two attached hydrogens (primary N) is 1. The first-order chi connectivity index (χ1) is 14.6. The molecule has 1 aromatic carbocycles. The molecule has 0 spiro atoms. The zero-order valence-electron chi connectivity index (χ0n) is 16.5. The standard InChI is InChI=1S/C22H21ClN6S/c1-2-15-18(23)17-20(26-15)27-22(28-21(17)29-9-13-14(10-29)19(13)24)30-12-6-5-11-4-3-7-25-16(11)8-12/h3-8,13-14,19H,2,9-10,24H2,1H3,(H,26,27,28). The van der Waals surface area contributed by atoms with Crippen LogP contribution >= 0.6 is 23.4 Å². The lowest BCUT2D eigenvalue weighted by molar-refractivity contribution is 0.732. The number of benzene rings is 1. The molecule has 1 saturated carbocycles. The van der Waals surface area contributed by atoms with Gasteiger partial charge in [-0.1, -0.05) is 30.7 Å². The van der Waals surface area contributed by atoms with Crippen LogP contribution in [-0.2, 0) is 6.42 Å². The van der Waals surface area contributed by atoms with Gasteiger partial charge in [0.25, 0.3) is 0 Å². The Bertz CT molecular complexity index is 1280. The number of aryl methyl sites for hydroxylation is 1. The van der Waals surface area contributed by atoms with Crippen molar-refractivity contribution in [2.45, 2.75) is 29.4 Å². The lowest BCUT2D eigenvalue weighted by atomic mass is 10.2. The second kappa shape index (κ2) is 6.83. The second-order valence-electron chi connectivity index (χ2n) is 8.09. The number of aromatic amines is 1. The van der Waals surface area contributed by atoms with Crippen molar-refractivity contribution in [2.24, 2.45) is 17.6 Å². The van der Waals surface area contributed by atoms with Gasteiger partial charge in [-0.05, 0) is 48.2 Å². The summed E-state index contributed by atoms with van der Waals surface area (Å²) in [5.74, 6) is 2.06. The number of anilines is 1. The van der Waals surface area contributed by atoms with E-state index >= 15 is 0 Å². The molecule has 0 radical (unpaired) electrons. The van der Waals surface area contributed by atoms with Gasteiger partial charge in [-0.25, -0.2) is 9.97 Å². The third kappa shape index (κ3) is 2.87. The lowest BCUT2D eigenvalue weighted by Gasteiger charge is -2.21. The SMILES string of the molecule is CCc1[nH]c2nc(Sc3ccc4cccnc4c3)nc(N3CC4C(N)C4C3)c2c1Cl. The molecule has 1 aliphatic heterocycles. The molecule has 152 valence electrons. The Hall–Kier alpha value is -2.35. The summed E-state index contributed by atoms with van der Waals surface area (Å²) >= 11 is 8.27. The number of nitrogens with zero attached hydrogens (tertiary/aromatic N) is 4. The smallest absolute Gasteiger partial charge is 0.196 e. The lowest BCUT2D eigenvalue weighted by Crippen LogP contribution is -2.29. The minimum absolute atomic E-state index is 0.338. The number of fused-ring (bicyclic) bond motifs is 3. The summed E-state index contributed by atoms with van der Waals surface area (Å²) in [5, 5.41) is 3.49. The maximum absolute atomic E-state index is 6.72. The van der Waals surface area contributed by atoms with Gasteiger partial charge in [0.2, 0.25) is 0 Å². The van der Waals surface area contributed by atoms with Crippen molar-refractivity contribution in [3.63, 3.8) is 0 Å². The molecule has 4 aromatic rings. The summed E-state index contributed by atoms with van der Waals surface area (Å²) < 4.78 is 0. The molecule has 0 amide bonds. The van der Waals surface area contributed by atoms with Gasteiger partial charge >= 0.3 is 0 Å². The zero-order valence-corrected chi connectivity index (χ0v) is 18.0. The van der Waals surface area contributed by atoms with Crippen LogP contribution in [0, 0.1) is 11.8 Å². The Morgan fingerprint density at radius 1 is 1.23 bits per heavy atom. The number of nitrogens with one attached hydrogen (secondary N) is 1. The Morgan fingerprint density at radius 3 is 2.87 bits per heavy atom. The van der Waals surface area contributed by atoms with Crippen LogP contribution in [0.5, 0.6) is 0 Å². The topological polar surface area (TPSA) is 83.7 Å². The summed E-state index contributed by atoms with van der Waals surface area (Å²) in [4.78, 5) is 21.0. The van der Waals surface area contributed by atoms with Crippen molar-refractivity contribution >= 4 is 51.1 Å². The van der Waals surface area contributed by atoms with Crippen molar-refractivity contribution in [2.75, 3.05) is 18.0 Å². The van der Waals surface area contributed by atoms with Crippen molar-refractivity contribution < 1.29 is 0 Å². The van der Waals surface area contributed by atoms with Gasteiger partial charge in [0.1, 0.15) is 11.5 Å². The average molecular weight is 437 g/mol. The van der Waals surface area contributed by atoms with E-state index in [9.17, 15) is 0 Å². The first-order valence-electron chi connectivity index (χ1n) is 10.2. The predicted octanol–water partition coefficient (Wildman–Crippen LogP) is 4.27. The molecule has 3 aromatic heterocycles. The molecule has 30 heavy (non-hydrogen) atoms. The fraction of sp³-hybridized carbons (Fsp3) is 0.318. The first-order valence-corrected chi connectivity index (χ1v) is 11.4. The first kappa shape index (κ1) is 18.4. The van der Waals surface area contributed by atoms with Crippen molar-refractivity contribution in [1.82, 2.24) is 19.9 Å². The van der Waals surface area contributed by atoms with Crippen LogP contribution in [-0.4, -0.2) is 39.1 Å². The third-order valence-corrected chi connectivity index (χ3v) is 7.59. The van der Waals surface area contributed by atoms with Crippen LogP contribution in [0.3, 0.4) is 0 Å². The highest BCUT2D eigenvalue weighted by Crippen LogP contribution is 2.47. The Balaban J connectivity index is 1.42. The number of halogens is 1. The molecule has 2 fully saturated rings. The van der Waals surface area contributed by atoms with E-state index in [0.29, 0.717) is 23.0 Å².